The molecule has 2 heterocycles. The van der Waals surface area contributed by atoms with Gasteiger partial charge in [-0.3, -0.25) is 14.2 Å². The monoisotopic (exact) mass is 459 g/mol. The second kappa shape index (κ2) is 9.23. The number of amides is 1. The molecule has 0 atom stereocenters. The molecule has 0 saturated heterocycles. The number of anilines is 1. The van der Waals surface area contributed by atoms with Gasteiger partial charge in [0.25, 0.3) is 5.56 Å². The Morgan fingerprint density at radius 3 is 2.61 bits per heavy atom. The molecule has 1 N–H and O–H groups in total. The minimum atomic E-state index is -0.169. The fraction of sp³-hybridized carbons (Fsp3) is 0.280. The molecule has 1 aliphatic carbocycles. The zero-order valence-corrected chi connectivity index (χ0v) is 19.2. The van der Waals surface area contributed by atoms with Gasteiger partial charge in [0.15, 0.2) is 5.16 Å². The van der Waals surface area contributed by atoms with E-state index in [2.05, 4.69) is 10.3 Å². The zero-order chi connectivity index (χ0) is 22.8. The van der Waals surface area contributed by atoms with Crippen LogP contribution < -0.4 is 10.9 Å². The van der Waals surface area contributed by atoms with Crippen LogP contribution in [0.15, 0.2) is 70.6 Å². The first kappa shape index (κ1) is 21.5. The van der Waals surface area contributed by atoms with Crippen LogP contribution in [-0.2, 0) is 11.8 Å². The van der Waals surface area contributed by atoms with E-state index in [1.165, 1.54) is 29.2 Å². The van der Waals surface area contributed by atoms with Crippen molar-refractivity contribution in [1.82, 2.24) is 19.3 Å². The van der Waals surface area contributed by atoms with E-state index in [1.54, 1.807) is 17.8 Å². The van der Waals surface area contributed by atoms with Crippen molar-refractivity contribution >= 4 is 34.4 Å². The number of nitrogens with one attached hydrogen (secondary N) is 1. The number of aromatic nitrogens is 4. The summed E-state index contributed by atoms with van der Waals surface area (Å²) >= 11 is 1.25. The predicted octanol–water partition coefficient (Wildman–Crippen LogP) is 4.51. The van der Waals surface area contributed by atoms with Gasteiger partial charge in [0.05, 0.1) is 28.0 Å². The molecule has 1 aliphatic rings. The van der Waals surface area contributed by atoms with Crippen LogP contribution in [0.2, 0.25) is 0 Å². The lowest BCUT2D eigenvalue weighted by atomic mass is 10.0. The van der Waals surface area contributed by atoms with Gasteiger partial charge in [-0.1, -0.05) is 54.9 Å². The normalized spacial score (nSPS) is 14.1. The Hall–Kier alpha value is -3.39. The fourth-order valence-corrected chi connectivity index (χ4v) is 5.08. The first-order chi connectivity index (χ1) is 16.1. The van der Waals surface area contributed by atoms with Crippen molar-refractivity contribution in [2.24, 2.45) is 7.05 Å². The van der Waals surface area contributed by atoms with Gasteiger partial charge < -0.3 is 5.32 Å². The maximum atomic E-state index is 12.9. The minimum Gasteiger partial charge on any atom is -0.310 e. The quantitative estimate of drug-likeness (QED) is 0.339. The molecule has 2 aromatic heterocycles. The average molecular weight is 460 g/mol. The standard InChI is InChI=1S/C25H25N5O2S/c1-29-24(32)19-13-7-8-14-20(19)26-25(29)33-16-23(31)27-22-15-21(17-9-5-6-10-17)28-30(22)18-11-3-2-4-12-18/h2-4,7-8,11-15,17H,5-6,9-10,16H2,1H3,(H,27,31). The maximum absolute atomic E-state index is 12.9. The molecule has 2 aromatic carbocycles. The third-order valence-corrected chi connectivity index (χ3v) is 7.07. The van der Waals surface area contributed by atoms with Gasteiger partial charge in [0.1, 0.15) is 5.82 Å². The summed E-state index contributed by atoms with van der Waals surface area (Å²) in [6.45, 7) is 0. The number of rotatable bonds is 6. The number of para-hydroxylation sites is 2. The van der Waals surface area contributed by atoms with Crippen LogP contribution >= 0.6 is 11.8 Å². The highest BCUT2D eigenvalue weighted by molar-refractivity contribution is 7.99. The van der Waals surface area contributed by atoms with Crippen molar-refractivity contribution < 1.29 is 4.79 Å². The highest BCUT2D eigenvalue weighted by Crippen LogP contribution is 2.35. The summed E-state index contributed by atoms with van der Waals surface area (Å²) in [4.78, 5) is 30.0. The second-order valence-corrected chi connectivity index (χ2v) is 9.24. The summed E-state index contributed by atoms with van der Waals surface area (Å²) in [5, 5.41) is 8.93. The van der Waals surface area contributed by atoms with E-state index in [-0.39, 0.29) is 17.2 Å². The Labute approximate surface area is 195 Å². The van der Waals surface area contributed by atoms with Gasteiger partial charge in [-0.15, -0.1) is 0 Å². The molecule has 7 nitrogen and oxygen atoms in total. The molecule has 8 heteroatoms. The first-order valence-electron chi connectivity index (χ1n) is 11.1. The van der Waals surface area contributed by atoms with Gasteiger partial charge in [0, 0.05) is 19.0 Å². The molecule has 0 unspecified atom stereocenters. The number of hydrogen-bond donors (Lipinski definition) is 1. The van der Waals surface area contributed by atoms with Gasteiger partial charge in [-0.2, -0.15) is 5.10 Å². The molecular weight excluding hydrogens is 434 g/mol. The van der Waals surface area contributed by atoms with Crippen molar-refractivity contribution in [3.63, 3.8) is 0 Å². The Bertz CT molecular complexity index is 1360. The van der Waals surface area contributed by atoms with E-state index in [9.17, 15) is 9.59 Å². The van der Waals surface area contributed by atoms with Crippen LogP contribution in [0, 0.1) is 0 Å². The minimum absolute atomic E-state index is 0.119. The lowest BCUT2D eigenvalue weighted by molar-refractivity contribution is -0.113. The summed E-state index contributed by atoms with van der Waals surface area (Å²) in [5.41, 5.74) is 2.44. The van der Waals surface area contributed by atoms with Gasteiger partial charge in [-0.25, -0.2) is 9.67 Å². The van der Waals surface area contributed by atoms with E-state index < -0.39 is 0 Å². The van der Waals surface area contributed by atoms with E-state index in [0.717, 1.165) is 24.2 Å². The highest BCUT2D eigenvalue weighted by Gasteiger charge is 2.22. The summed E-state index contributed by atoms with van der Waals surface area (Å²) in [5.74, 6) is 1.07. The van der Waals surface area contributed by atoms with Crippen LogP contribution in [-0.4, -0.2) is 31.0 Å². The second-order valence-electron chi connectivity index (χ2n) is 8.30. The molecule has 0 aliphatic heterocycles. The SMILES string of the molecule is Cn1c(SCC(=O)Nc2cc(C3CCCC3)nn2-c2ccccc2)nc2ccccc2c1=O. The van der Waals surface area contributed by atoms with Crippen molar-refractivity contribution in [3.05, 3.63) is 76.7 Å². The third-order valence-electron chi connectivity index (χ3n) is 6.04. The smallest absolute Gasteiger partial charge is 0.261 e. The number of hydrogen-bond acceptors (Lipinski definition) is 5. The van der Waals surface area contributed by atoms with Crippen LogP contribution in [0.5, 0.6) is 0 Å². The number of carbonyl (C=O) groups excluding carboxylic acids is 1. The van der Waals surface area contributed by atoms with Gasteiger partial charge in [-0.05, 0) is 37.1 Å². The van der Waals surface area contributed by atoms with Crippen LogP contribution in [0.25, 0.3) is 16.6 Å². The molecule has 0 radical (unpaired) electrons. The van der Waals surface area contributed by atoms with E-state index in [4.69, 9.17) is 5.10 Å². The summed E-state index contributed by atoms with van der Waals surface area (Å²) in [6.07, 6.45) is 4.71. The van der Waals surface area contributed by atoms with Crippen LogP contribution in [0.4, 0.5) is 5.82 Å². The molecular formula is C25H25N5O2S. The molecule has 1 saturated carbocycles. The molecule has 1 amide bonds. The Kier molecular flexibility index (Phi) is 6.00. The predicted molar refractivity (Wildman–Crippen MR) is 131 cm³/mol. The largest absolute Gasteiger partial charge is 0.310 e. The number of nitrogens with zero attached hydrogens (tertiary/aromatic N) is 4. The lowest BCUT2D eigenvalue weighted by Gasteiger charge is -2.10. The summed E-state index contributed by atoms with van der Waals surface area (Å²) < 4.78 is 3.30. The Morgan fingerprint density at radius 2 is 1.82 bits per heavy atom. The maximum Gasteiger partial charge on any atom is 0.261 e. The average Bonchev–Trinajstić information content (AvgIpc) is 3.51. The molecule has 4 aromatic rings. The van der Waals surface area contributed by atoms with E-state index in [1.807, 2.05) is 54.6 Å². The number of fused-ring (bicyclic) bond motifs is 1. The van der Waals surface area contributed by atoms with Crippen molar-refractivity contribution in [1.29, 1.82) is 0 Å². The summed E-state index contributed by atoms with van der Waals surface area (Å²) in [6, 6.07) is 19.1. The van der Waals surface area contributed by atoms with Crippen molar-refractivity contribution in [3.8, 4) is 5.69 Å². The van der Waals surface area contributed by atoms with Gasteiger partial charge in [0.2, 0.25) is 5.91 Å². The zero-order valence-electron chi connectivity index (χ0n) is 18.4. The van der Waals surface area contributed by atoms with Crippen molar-refractivity contribution in [2.45, 2.75) is 36.8 Å². The van der Waals surface area contributed by atoms with E-state index in [0.29, 0.717) is 27.8 Å². The van der Waals surface area contributed by atoms with Crippen molar-refractivity contribution in [2.75, 3.05) is 11.1 Å². The number of thioether (sulfide) groups is 1. The topological polar surface area (TPSA) is 81.8 Å². The number of benzene rings is 2. The molecule has 33 heavy (non-hydrogen) atoms. The lowest BCUT2D eigenvalue weighted by Crippen LogP contribution is -2.22. The van der Waals surface area contributed by atoms with Gasteiger partial charge >= 0.3 is 0 Å². The molecule has 0 bridgehead atoms. The Balaban J connectivity index is 1.36. The number of carbonyl (C=O) groups is 1. The fourth-order valence-electron chi connectivity index (χ4n) is 4.31. The Morgan fingerprint density at radius 1 is 1.09 bits per heavy atom. The molecule has 168 valence electrons. The highest BCUT2D eigenvalue weighted by atomic mass is 32.2. The molecule has 0 spiro atoms. The van der Waals surface area contributed by atoms with E-state index >= 15 is 0 Å². The summed E-state index contributed by atoms with van der Waals surface area (Å²) in [7, 11) is 1.68. The molecule has 1 fully saturated rings. The third kappa shape index (κ3) is 4.43. The van der Waals surface area contributed by atoms with Crippen LogP contribution in [0.1, 0.15) is 37.3 Å². The molecule has 5 rings (SSSR count). The van der Waals surface area contributed by atoms with Crippen LogP contribution in [0.3, 0.4) is 0 Å². The first-order valence-corrected chi connectivity index (χ1v) is 12.1.